The standard InChI is InChI=1S/C19H23N3O4S/c1-4-20-19(24)15-9-7-10-16(12-15)21-18(23)13-22(27(3,25)26)17-11-6-5-8-14(17)2/h5-12H,4,13H2,1-3H3,(H,20,24)(H,21,23). The quantitative estimate of drug-likeness (QED) is 0.758. The Morgan fingerprint density at radius 1 is 1.07 bits per heavy atom. The van der Waals surface area contributed by atoms with Crippen LogP contribution in [0.4, 0.5) is 11.4 Å². The topological polar surface area (TPSA) is 95.6 Å². The SMILES string of the molecule is CCNC(=O)c1cccc(NC(=O)CN(c2ccccc2C)S(C)(=O)=O)c1. The lowest BCUT2D eigenvalue weighted by Crippen LogP contribution is -2.37. The van der Waals surface area contributed by atoms with Crippen LogP contribution in [0.3, 0.4) is 0 Å². The summed E-state index contributed by atoms with van der Waals surface area (Å²) in [4.78, 5) is 24.3. The number of rotatable bonds is 7. The van der Waals surface area contributed by atoms with Gasteiger partial charge in [0.2, 0.25) is 15.9 Å². The van der Waals surface area contributed by atoms with E-state index in [0.29, 0.717) is 23.5 Å². The van der Waals surface area contributed by atoms with E-state index in [1.807, 2.05) is 6.92 Å². The number of benzene rings is 2. The van der Waals surface area contributed by atoms with Gasteiger partial charge >= 0.3 is 0 Å². The van der Waals surface area contributed by atoms with Gasteiger partial charge in [0.1, 0.15) is 6.54 Å². The molecule has 2 N–H and O–H groups in total. The molecule has 0 aliphatic rings. The van der Waals surface area contributed by atoms with Crippen molar-refractivity contribution in [3.05, 3.63) is 59.7 Å². The summed E-state index contributed by atoms with van der Waals surface area (Å²) in [6.45, 7) is 3.72. The van der Waals surface area contributed by atoms with Crippen LogP contribution in [0.2, 0.25) is 0 Å². The average Bonchev–Trinajstić information content (AvgIpc) is 2.60. The van der Waals surface area contributed by atoms with Crippen LogP contribution in [-0.2, 0) is 14.8 Å². The van der Waals surface area contributed by atoms with E-state index in [2.05, 4.69) is 10.6 Å². The van der Waals surface area contributed by atoms with Crippen molar-refractivity contribution in [2.24, 2.45) is 0 Å². The molecule has 0 spiro atoms. The number of nitrogens with one attached hydrogen (secondary N) is 2. The Hall–Kier alpha value is -2.87. The molecule has 8 heteroatoms. The van der Waals surface area contributed by atoms with E-state index >= 15 is 0 Å². The third-order valence-electron chi connectivity index (χ3n) is 3.82. The molecular weight excluding hydrogens is 366 g/mol. The monoisotopic (exact) mass is 389 g/mol. The number of sulfonamides is 1. The summed E-state index contributed by atoms with van der Waals surface area (Å²) in [5.41, 5.74) is 2.02. The van der Waals surface area contributed by atoms with Crippen molar-refractivity contribution >= 4 is 33.2 Å². The zero-order valence-electron chi connectivity index (χ0n) is 15.5. The number of anilines is 2. The van der Waals surface area contributed by atoms with E-state index in [1.165, 1.54) is 0 Å². The fourth-order valence-corrected chi connectivity index (χ4v) is 3.47. The Labute approximate surface area is 159 Å². The molecule has 2 aromatic carbocycles. The molecule has 2 rings (SSSR count). The lowest BCUT2D eigenvalue weighted by molar-refractivity contribution is -0.114. The first-order valence-corrected chi connectivity index (χ1v) is 10.3. The molecule has 0 heterocycles. The number of carbonyl (C=O) groups excluding carboxylic acids is 2. The molecule has 2 amide bonds. The maximum atomic E-state index is 12.4. The molecule has 0 atom stereocenters. The van der Waals surface area contributed by atoms with Gasteiger partial charge in [0.05, 0.1) is 11.9 Å². The molecule has 144 valence electrons. The molecule has 0 fully saturated rings. The van der Waals surface area contributed by atoms with E-state index in [-0.39, 0.29) is 12.5 Å². The second kappa shape index (κ2) is 8.68. The van der Waals surface area contributed by atoms with E-state index in [9.17, 15) is 18.0 Å². The predicted molar refractivity (Wildman–Crippen MR) is 106 cm³/mol. The van der Waals surface area contributed by atoms with Crippen LogP contribution in [0.25, 0.3) is 0 Å². The second-order valence-electron chi connectivity index (χ2n) is 6.04. The van der Waals surface area contributed by atoms with Gasteiger partial charge < -0.3 is 10.6 Å². The van der Waals surface area contributed by atoms with Crippen molar-refractivity contribution in [2.75, 3.05) is 29.0 Å². The summed E-state index contributed by atoms with van der Waals surface area (Å²) in [6.07, 6.45) is 1.06. The third-order valence-corrected chi connectivity index (χ3v) is 4.94. The number of para-hydroxylation sites is 1. The maximum absolute atomic E-state index is 12.4. The molecule has 0 aromatic heterocycles. The second-order valence-corrected chi connectivity index (χ2v) is 7.95. The van der Waals surface area contributed by atoms with E-state index in [1.54, 1.807) is 55.5 Å². The zero-order chi connectivity index (χ0) is 20.0. The highest BCUT2D eigenvalue weighted by Crippen LogP contribution is 2.22. The van der Waals surface area contributed by atoms with E-state index < -0.39 is 15.9 Å². The van der Waals surface area contributed by atoms with Gasteiger partial charge in [0, 0.05) is 17.8 Å². The largest absolute Gasteiger partial charge is 0.352 e. The zero-order valence-corrected chi connectivity index (χ0v) is 16.3. The van der Waals surface area contributed by atoms with Crippen LogP contribution in [0, 0.1) is 6.92 Å². The molecule has 0 saturated heterocycles. The van der Waals surface area contributed by atoms with Crippen molar-refractivity contribution < 1.29 is 18.0 Å². The molecule has 0 unspecified atom stereocenters. The number of hydrogen-bond acceptors (Lipinski definition) is 4. The van der Waals surface area contributed by atoms with Gasteiger partial charge in [-0.2, -0.15) is 0 Å². The molecule has 0 aliphatic carbocycles. The van der Waals surface area contributed by atoms with Crippen LogP contribution in [-0.4, -0.2) is 39.6 Å². The smallest absolute Gasteiger partial charge is 0.251 e. The fourth-order valence-electron chi connectivity index (χ4n) is 2.56. The first kappa shape index (κ1) is 20.4. The maximum Gasteiger partial charge on any atom is 0.251 e. The Kier molecular flexibility index (Phi) is 6.57. The average molecular weight is 389 g/mol. The minimum Gasteiger partial charge on any atom is -0.352 e. The lowest BCUT2D eigenvalue weighted by atomic mass is 10.2. The Bertz CT molecular complexity index is 941. The van der Waals surface area contributed by atoms with Crippen molar-refractivity contribution in [3.63, 3.8) is 0 Å². The Balaban J connectivity index is 2.19. The van der Waals surface area contributed by atoms with Gasteiger partial charge in [-0.05, 0) is 43.7 Å². The molecule has 7 nitrogen and oxygen atoms in total. The first-order valence-electron chi connectivity index (χ1n) is 8.44. The lowest BCUT2D eigenvalue weighted by Gasteiger charge is -2.23. The normalized spacial score (nSPS) is 10.9. The number of hydrogen-bond donors (Lipinski definition) is 2. The predicted octanol–water partition coefficient (Wildman–Crippen LogP) is 2.15. The summed E-state index contributed by atoms with van der Waals surface area (Å²) < 4.78 is 25.4. The minimum atomic E-state index is -3.65. The highest BCUT2D eigenvalue weighted by molar-refractivity contribution is 7.92. The van der Waals surface area contributed by atoms with Gasteiger partial charge in [0.25, 0.3) is 5.91 Å². The number of carbonyl (C=O) groups is 2. The Morgan fingerprint density at radius 2 is 1.78 bits per heavy atom. The Morgan fingerprint density at radius 3 is 2.41 bits per heavy atom. The van der Waals surface area contributed by atoms with Gasteiger partial charge in [-0.15, -0.1) is 0 Å². The van der Waals surface area contributed by atoms with Gasteiger partial charge in [0.15, 0.2) is 0 Å². The first-order chi connectivity index (χ1) is 12.7. The molecule has 0 saturated carbocycles. The number of amides is 2. The fraction of sp³-hybridized carbons (Fsp3) is 0.263. The van der Waals surface area contributed by atoms with Crippen LogP contribution in [0.1, 0.15) is 22.8 Å². The summed E-state index contributed by atoms with van der Waals surface area (Å²) in [6, 6.07) is 13.4. The summed E-state index contributed by atoms with van der Waals surface area (Å²) >= 11 is 0. The van der Waals surface area contributed by atoms with Crippen molar-refractivity contribution in [2.45, 2.75) is 13.8 Å². The van der Waals surface area contributed by atoms with Gasteiger partial charge in [-0.25, -0.2) is 8.42 Å². The van der Waals surface area contributed by atoms with Gasteiger partial charge in [-0.3, -0.25) is 13.9 Å². The molecule has 0 aliphatic heterocycles. The number of aryl methyl sites for hydroxylation is 1. The number of nitrogens with zero attached hydrogens (tertiary/aromatic N) is 1. The van der Waals surface area contributed by atoms with Crippen molar-refractivity contribution in [1.29, 1.82) is 0 Å². The summed E-state index contributed by atoms with van der Waals surface area (Å²) in [7, 11) is -3.65. The highest BCUT2D eigenvalue weighted by Gasteiger charge is 2.22. The third kappa shape index (κ3) is 5.55. The van der Waals surface area contributed by atoms with Crippen molar-refractivity contribution in [1.82, 2.24) is 5.32 Å². The highest BCUT2D eigenvalue weighted by atomic mass is 32.2. The van der Waals surface area contributed by atoms with E-state index in [0.717, 1.165) is 16.1 Å². The van der Waals surface area contributed by atoms with Crippen LogP contribution < -0.4 is 14.9 Å². The van der Waals surface area contributed by atoms with Crippen molar-refractivity contribution in [3.8, 4) is 0 Å². The minimum absolute atomic E-state index is 0.244. The molecule has 2 aromatic rings. The molecular formula is C19H23N3O4S. The molecule has 0 radical (unpaired) electrons. The summed E-state index contributed by atoms with van der Waals surface area (Å²) in [5.74, 6) is -0.747. The van der Waals surface area contributed by atoms with Gasteiger partial charge in [-0.1, -0.05) is 24.3 Å². The molecule has 0 bridgehead atoms. The van der Waals surface area contributed by atoms with Crippen LogP contribution in [0.15, 0.2) is 48.5 Å². The van der Waals surface area contributed by atoms with Crippen LogP contribution in [0.5, 0.6) is 0 Å². The van der Waals surface area contributed by atoms with E-state index in [4.69, 9.17) is 0 Å². The van der Waals surface area contributed by atoms with Crippen LogP contribution >= 0.6 is 0 Å². The summed E-state index contributed by atoms with van der Waals surface area (Å²) in [5, 5.41) is 5.33. The molecule has 27 heavy (non-hydrogen) atoms.